The molecular formula is C24H27F3N2O5. The fourth-order valence-electron chi connectivity index (χ4n) is 3.22. The van der Waals surface area contributed by atoms with Crippen LogP contribution >= 0.6 is 0 Å². The van der Waals surface area contributed by atoms with E-state index in [1.165, 1.54) is 18.2 Å². The SMILES string of the molecule is COC(=O)[C@H](Cc1ccccc1C(F)(F)F)NC(=O)[C@H](NC(=O)OCc1ccccc1)C(C)C. The van der Waals surface area contributed by atoms with Gasteiger partial charge >= 0.3 is 18.2 Å². The summed E-state index contributed by atoms with van der Waals surface area (Å²) in [7, 11) is 1.07. The number of rotatable bonds is 9. The zero-order chi connectivity index (χ0) is 25.3. The van der Waals surface area contributed by atoms with Gasteiger partial charge in [0.25, 0.3) is 0 Å². The smallest absolute Gasteiger partial charge is 0.416 e. The number of ether oxygens (including phenoxy) is 2. The Morgan fingerprint density at radius 3 is 2.15 bits per heavy atom. The van der Waals surface area contributed by atoms with Crippen LogP contribution in [0.4, 0.5) is 18.0 Å². The highest BCUT2D eigenvalue weighted by molar-refractivity contribution is 5.90. The summed E-state index contributed by atoms with van der Waals surface area (Å²) in [5.74, 6) is -2.09. The summed E-state index contributed by atoms with van der Waals surface area (Å²) in [5.41, 5.74) is -0.347. The largest absolute Gasteiger partial charge is 0.467 e. The molecule has 2 N–H and O–H groups in total. The molecule has 2 aromatic rings. The Labute approximate surface area is 195 Å². The van der Waals surface area contributed by atoms with Gasteiger partial charge in [-0.3, -0.25) is 4.79 Å². The second kappa shape index (κ2) is 12.1. The maximum absolute atomic E-state index is 13.4. The van der Waals surface area contributed by atoms with E-state index in [0.29, 0.717) is 0 Å². The van der Waals surface area contributed by atoms with E-state index in [9.17, 15) is 27.6 Å². The number of hydrogen-bond acceptors (Lipinski definition) is 5. The van der Waals surface area contributed by atoms with Gasteiger partial charge in [-0.15, -0.1) is 0 Å². The Hall–Kier alpha value is -3.56. The van der Waals surface area contributed by atoms with Crippen LogP contribution in [-0.2, 0) is 38.3 Å². The van der Waals surface area contributed by atoms with Crippen LogP contribution < -0.4 is 10.6 Å². The van der Waals surface area contributed by atoms with Gasteiger partial charge in [0.1, 0.15) is 18.7 Å². The van der Waals surface area contributed by atoms with Gasteiger partial charge in [-0.2, -0.15) is 13.2 Å². The Bertz CT molecular complexity index is 980. The molecule has 2 aromatic carbocycles. The van der Waals surface area contributed by atoms with Gasteiger partial charge in [0.2, 0.25) is 5.91 Å². The van der Waals surface area contributed by atoms with Crippen molar-refractivity contribution in [2.45, 2.75) is 45.1 Å². The molecule has 2 rings (SSSR count). The first-order valence-corrected chi connectivity index (χ1v) is 10.5. The van der Waals surface area contributed by atoms with E-state index < -0.39 is 54.1 Å². The maximum Gasteiger partial charge on any atom is 0.416 e. The lowest BCUT2D eigenvalue weighted by Gasteiger charge is -2.25. The second-order valence-corrected chi connectivity index (χ2v) is 7.87. The third kappa shape index (κ3) is 7.79. The van der Waals surface area contributed by atoms with Gasteiger partial charge < -0.3 is 20.1 Å². The molecule has 0 spiro atoms. The van der Waals surface area contributed by atoms with Gasteiger partial charge in [0.15, 0.2) is 0 Å². The summed E-state index contributed by atoms with van der Waals surface area (Å²) in [5, 5.41) is 4.85. The summed E-state index contributed by atoms with van der Waals surface area (Å²) in [6.45, 7) is 3.31. The molecule has 0 radical (unpaired) electrons. The molecule has 2 amide bonds. The van der Waals surface area contributed by atoms with Gasteiger partial charge in [0, 0.05) is 6.42 Å². The lowest BCUT2D eigenvalue weighted by Crippen LogP contribution is -2.54. The van der Waals surface area contributed by atoms with Gasteiger partial charge in [0.05, 0.1) is 12.7 Å². The van der Waals surface area contributed by atoms with Gasteiger partial charge in [-0.1, -0.05) is 62.4 Å². The average molecular weight is 480 g/mol. The predicted octanol–water partition coefficient (Wildman–Crippen LogP) is 3.86. The Morgan fingerprint density at radius 1 is 0.941 bits per heavy atom. The number of benzene rings is 2. The summed E-state index contributed by atoms with van der Waals surface area (Å²) in [6.07, 6.45) is -5.93. The van der Waals surface area contributed by atoms with Crippen molar-refractivity contribution in [3.05, 3.63) is 71.3 Å². The number of nitrogens with one attached hydrogen (secondary N) is 2. The van der Waals surface area contributed by atoms with Crippen LogP contribution in [0.2, 0.25) is 0 Å². The molecule has 184 valence electrons. The quantitative estimate of drug-likeness (QED) is 0.532. The van der Waals surface area contributed by atoms with Crippen molar-refractivity contribution in [2.24, 2.45) is 5.92 Å². The molecule has 0 bridgehead atoms. The molecule has 34 heavy (non-hydrogen) atoms. The van der Waals surface area contributed by atoms with E-state index in [4.69, 9.17) is 4.74 Å². The summed E-state index contributed by atoms with van der Waals surface area (Å²) in [4.78, 5) is 37.4. The molecule has 7 nitrogen and oxygen atoms in total. The molecule has 0 aromatic heterocycles. The van der Waals surface area contributed by atoms with Crippen molar-refractivity contribution in [1.82, 2.24) is 10.6 Å². The number of carbonyl (C=O) groups is 3. The zero-order valence-electron chi connectivity index (χ0n) is 19.0. The molecule has 0 saturated heterocycles. The molecule has 10 heteroatoms. The van der Waals surface area contributed by atoms with Crippen LogP contribution in [0, 0.1) is 5.92 Å². The fourth-order valence-corrected chi connectivity index (χ4v) is 3.22. The van der Waals surface area contributed by atoms with Crippen molar-refractivity contribution in [2.75, 3.05) is 7.11 Å². The van der Waals surface area contributed by atoms with Gasteiger partial charge in [-0.25, -0.2) is 9.59 Å². The number of hydrogen-bond donors (Lipinski definition) is 2. The molecule has 0 saturated carbocycles. The first-order valence-electron chi connectivity index (χ1n) is 10.5. The Balaban J connectivity index is 2.11. The molecule has 0 heterocycles. The van der Waals surface area contributed by atoms with Crippen molar-refractivity contribution in [3.8, 4) is 0 Å². The average Bonchev–Trinajstić information content (AvgIpc) is 2.80. The van der Waals surface area contributed by atoms with E-state index in [1.54, 1.807) is 38.1 Å². The van der Waals surface area contributed by atoms with Crippen LogP contribution in [0.5, 0.6) is 0 Å². The minimum atomic E-state index is -4.63. The predicted molar refractivity (Wildman–Crippen MR) is 117 cm³/mol. The third-order valence-corrected chi connectivity index (χ3v) is 4.98. The number of esters is 1. The number of methoxy groups -OCH3 is 1. The number of halogens is 3. The van der Waals surface area contributed by atoms with Crippen LogP contribution in [0.15, 0.2) is 54.6 Å². The Morgan fingerprint density at radius 2 is 1.56 bits per heavy atom. The minimum absolute atomic E-state index is 0.0158. The molecule has 0 aliphatic rings. The van der Waals surface area contributed by atoms with Crippen molar-refractivity contribution < 1.29 is 37.0 Å². The summed E-state index contributed by atoms with van der Waals surface area (Å²) < 4.78 is 49.9. The van der Waals surface area contributed by atoms with Crippen LogP contribution in [-0.4, -0.2) is 37.2 Å². The monoisotopic (exact) mass is 480 g/mol. The van der Waals surface area contributed by atoms with Crippen molar-refractivity contribution in [1.29, 1.82) is 0 Å². The molecular weight excluding hydrogens is 453 g/mol. The van der Waals surface area contributed by atoms with E-state index in [1.807, 2.05) is 6.07 Å². The number of alkyl halides is 3. The van der Waals surface area contributed by atoms with Crippen LogP contribution in [0.25, 0.3) is 0 Å². The van der Waals surface area contributed by atoms with Crippen LogP contribution in [0.1, 0.15) is 30.5 Å². The number of alkyl carbamates (subject to hydrolysis) is 1. The zero-order valence-corrected chi connectivity index (χ0v) is 19.0. The van der Waals surface area contributed by atoms with Crippen LogP contribution in [0.3, 0.4) is 0 Å². The molecule has 0 aliphatic carbocycles. The topological polar surface area (TPSA) is 93.7 Å². The molecule has 0 aliphatic heterocycles. The standard InChI is InChI=1S/C24H27F3N2O5/c1-15(2)20(29-23(32)34-14-16-9-5-4-6-10-16)21(30)28-19(22(31)33-3)13-17-11-7-8-12-18(17)24(25,26)27/h4-12,15,19-20H,13-14H2,1-3H3,(H,28,30)(H,29,32)/t19-,20+/m0/s1. The summed E-state index contributed by atoms with van der Waals surface area (Å²) >= 11 is 0. The highest BCUT2D eigenvalue weighted by Crippen LogP contribution is 2.32. The lowest BCUT2D eigenvalue weighted by atomic mass is 9.98. The van der Waals surface area contributed by atoms with E-state index in [0.717, 1.165) is 18.7 Å². The number of amides is 2. The first-order chi connectivity index (χ1) is 16.0. The fraction of sp³-hybridized carbons (Fsp3) is 0.375. The molecule has 0 unspecified atom stereocenters. The van der Waals surface area contributed by atoms with Crippen molar-refractivity contribution in [3.63, 3.8) is 0 Å². The third-order valence-electron chi connectivity index (χ3n) is 4.98. The normalized spacial score (nSPS) is 13.0. The molecule has 2 atom stereocenters. The maximum atomic E-state index is 13.4. The van der Waals surface area contributed by atoms with Gasteiger partial charge in [-0.05, 0) is 23.1 Å². The van der Waals surface area contributed by atoms with E-state index in [2.05, 4.69) is 15.4 Å². The Kier molecular flexibility index (Phi) is 9.47. The van der Waals surface area contributed by atoms with Crippen molar-refractivity contribution >= 4 is 18.0 Å². The highest BCUT2D eigenvalue weighted by atomic mass is 19.4. The van der Waals surface area contributed by atoms with E-state index in [-0.39, 0.29) is 12.2 Å². The minimum Gasteiger partial charge on any atom is -0.467 e. The summed E-state index contributed by atoms with van der Waals surface area (Å²) in [6, 6.07) is 11.2. The lowest BCUT2D eigenvalue weighted by molar-refractivity contribution is -0.146. The number of carbonyl (C=O) groups excluding carboxylic acids is 3. The first kappa shape index (κ1) is 26.7. The van der Waals surface area contributed by atoms with E-state index >= 15 is 0 Å². The molecule has 0 fully saturated rings. The highest BCUT2D eigenvalue weighted by Gasteiger charge is 2.35. The second-order valence-electron chi connectivity index (χ2n) is 7.87.